The zero-order chi connectivity index (χ0) is 20.8. The van der Waals surface area contributed by atoms with Crippen LogP contribution in [0.5, 0.6) is 0 Å². The molecule has 1 N–H and O–H groups in total. The monoisotopic (exact) mass is 386 g/mol. The van der Waals surface area contributed by atoms with E-state index in [2.05, 4.69) is 5.32 Å². The Balaban J connectivity index is 1.70. The van der Waals surface area contributed by atoms with Gasteiger partial charge in [-0.15, -0.1) is 0 Å². The van der Waals surface area contributed by atoms with E-state index in [4.69, 9.17) is 0 Å². The quantitative estimate of drug-likeness (QED) is 0.631. The van der Waals surface area contributed by atoms with Crippen LogP contribution in [0.2, 0.25) is 0 Å². The molecule has 0 aliphatic carbocycles. The van der Waals surface area contributed by atoms with Gasteiger partial charge >= 0.3 is 0 Å². The molecule has 0 bridgehead atoms. The summed E-state index contributed by atoms with van der Waals surface area (Å²) in [5.41, 5.74) is 5.09. The molecular formula is C25H26N2O2. The number of aryl methyl sites for hydroxylation is 2. The first kappa shape index (κ1) is 20.3. The molecule has 3 rings (SSSR count). The fourth-order valence-electron chi connectivity index (χ4n) is 3.14. The number of amides is 2. The van der Waals surface area contributed by atoms with Crippen LogP contribution in [-0.2, 0) is 6.54 Å². The maximum absolute atomic E-state index is 12.9. The van der Waals surface area contributed by atoms with Crippen molar-refractivity contribution in [3.05, 3.63) is 101 Å². The maximum Gasteiger partial charge on any atom is 0.255 e. The van der Waals surface area contributed by atoms with Crippen LogP contribution in [0.25, 0.3) is 0 Å². The lowest BCUT2D eigenvalue weighted by molar-refractivity contribution is 0.0752. The van der Waals surface area contributed by atoms with Crippen molar-refractivity contribution in [1.82, 2.24) is 4.90 Å². The zero-order valence-electron chi connectivity index (χ0n) is 17.1. The largest absolute Gasteiger partial charge is 0.335 e. The lowest BCUT2D eigenvalue weighted by Crippen LogP contribution is -2.30. The minimum Gasteiger partial charge on any atom is -0.335 e. The van der Waals surface area contributed by atoms with Gasteiger partial charge in [-0.05, 0) is 67.8 Å². The molecule has 3 aromatic rings. The predicted molar refractivity (Wildman–Crippen MR) is 117 cm³/mol. The predicted octanol–water partition coefficient (Wildman–Crippen LogP) is 5.22. The summed E-state index contributed by atoms with van der Waals surface area (Å²) in [7, 11) is 0. The van der Waals surface area contributed by atoms with Gasteiger partial charge in [0, 0.05) is 29.9 Å². The Hall–Kier alpha value is -3.40. The molecule has 3 aromatic carbocycles. The second kappa shape index (κ2) is 9.20. The first-order chi connectivity index (χ1) is 14.0. The van der Waals surface area contributed by atoms with Crippen LogP contribution in [-0.4, -0.2) is 23.3 Å². The number of nitrogens with one attached hydrogen (secondary N) is 1. The number of rotatable bonds is 6. The molecule has 148 valence electrons. The molecular weight excluding hydrogens is 360 g/mol. The van der Waals surface area contributed by atoms with Gasteiger partial charge in [0.15, 0.2) is 0 Å². The topological polar surface area (TPSA) is 49.4 Å². The summed E-state index contributed by atoms with van der Waals surface area (Å²) < 4.78 is 0. The second-order valence-corrected chi connectivity index (χ2v) is 7.15. The molecule has 0 spiro atoms. The van der Waals surface area contributed by atoms with Crippen molar-refractivity contribution in [1.29, 1.82) is 0 Å². The summed E-state index contributed by atoms with van der Waals surface area (Å²) >= 11 is 0. The highest BCUT2D eigenvalue weighted by Crippen LogP contribution is 2.18. The van der Waals surface area contributed by atoms with E-state index in [1.54, 1.807) is 29.2 Å². The van der Waals surface area contributed by atoms with E-state index in [9.17, 15) is 9.59 Å². The van der Waals surface area contributed by atoms with Crippen molar-refractivity contribution in [2.24, 2.45) is 0 Å². The molecule has 0 saturated heterocycles. The first-order valence-electron chi connectivity index (χ1n) is 9.80. The van der Waals surface area contributed by atoms with Crippen LogP contribution in [0.15, 0.2) is 72.8 Å². The van der Waals surface area contributed by atoms with E-state index < -0.39 is 0 Å². The van der Waals surface area contributed by atoms with E-state index in [0.717, 1.165) is 22.4 Å². The molecule has 0 fully saturated rings. The molecule has 2 amide bonds. The number of carbonyl (C=O) groups excluding carboxylic acids is 2. The lowest BCUT2D eigenvalue weighted by atomic mass is 10.1. The zero-order valence-corrected chi connectivity index (χ0v) is 17.1. The third kappa shape index (κ3) is 5.11. The van der Waals surface area contributed by atoms with Crippen molar-refractivity contribution in [2.45, 2.75) is 27.3 Å². The first-order valence-corrected chi connectivity index (χ1v) is 9.80. The summed E-state index contributed by atoms with van der Waals surface area (Å²) in [6.07, 6.45) is 0. The molecule has 0 unspecified atom stereocenters. The van der Waals surface area contributed by atoms with Gasteiger partial charge in [-0.25, -0.2) is 0 Å². The van der Waals surface area contributed by atoms with E-state index in [1.165, 1.54) is 0 Å². The van der Waals surface area contributed by atoms with Crippen molar-refractivity contribution < 1.29 is 9.59 Å². The molecule has 0 saturated carbocycles. The lowest BCUT2D eigenvalue weighted by Gasteiger charge is -2.21. The highest BCUT2D eigenvalue weighted by Gasteiger charge is 2.15. The average molecular weight is 386 g/mol. The van der Waals surface area contributed by atoms with Gasteiger partial charge < -0.3 is 10.2 Å². The normalized spacial score (nSPS) is 10.4. The molecule has 0 aromatic heterocycles. The smallest absolute Gasteiger partial charge is 0.255 e. The maximum atomic E-state index is 12.9. The van der Waals surface area contributed by atoms with E-state index in [0.29, 0.717) is 24.2 Å². The van der Waals surface area contributed by atoms with Crippen molar-refractivity contribution >= 4 is 17.5 Å². The molecule has 4 heteroatoms. The number of benzene rings is 3. The van der Waals surface area contributed by atoms with E-state index in [1.807, 2.05) is 69.3 Å². The molecule has 0 aliphatic heterocycles. The number of anilines is 1. The van der Waals surface area contributed by atoms with Crippen LogP contribution < -0.4 is 5.32 Å². The van der Waals surface area contributed by atoms with Gasteiger partial charge in [0.2, 0.25) is 0 Å². The number of nitrogens with zero attached hydrogens (tertiary/aromatic N) is 1. The van der Waals surface area contributed by atoms with Crippen LogP contribution >= 0.6 is 0 Å². The van der Waals surface area contributed by atoms with Gasteiger partial charge in [0.1, 0.15) is 0 Å². The standard InChI is InChI=1S/C25H26N2O2/c1-4-27(17-20-8-6-5-7-9-20)25(29)22-14-12-21(13-15-22)24(28)26-23-16-18(2)10-11-19(23)3/h5-16H,4,17H2,1-3H3,(H,26,28). The molecule has 0 atom stereocenters. The highest BCUT2D eigenvalue weighted by molar-refractivity contribution is 6.05. The second-order valence-electron chi connectivity index (χ2n) is 7.15. The van der Waals surface area contributed by atoms with Crippen LogP contribution in [0.4, 0.5) is 5.69 Å². The average Bonchev–Trinajstić information content (AvgIpc) is 2.75. The minimum absolute atomic E-state index is 0.0437. The highest BCUT2D eigenvalue weighted by atomic mass is 16.2. The number of hydrogen-bond acceptors (Lipinski definition) is 2. The van der Waals surface area contributed by atoms with Gasteiger partial charge in [0.05, 0.1) is 0 Å². The molecule has 29 heavy (non-hydrogen) atoms. The molecule has 0 radical (unpaired) electrons. The summed E-state index contributed by atoms with van der Waals surface area (Å²) in [6.45, 7) is 7.09. The Kier molecular flexibility index (Phi) is 6.45. The van der Waals surface area contributed by atoms with Crippen LogP contribution in [0.1, 0.15) is 44.3 Å². The Bertz CT molecular complexity index is 995. The molecule has 0 aliphatic rings. The van der Waals surface area contributed by atoms with Gasteiger partial charge in [0.25, 0.3) is 11.8 Å². The van der Waals surface area contributed by atoms with Gasteiger partial charge in [-0.2, -0.15) is 0 Å². The Labute approximate surface area is 172 Å². The van der Waals surface area contributed by atoms with Gasteiger partial charge in [-0.3, -0.25) is 9.59 Å². The minimum atomic E-state index is -0.186. The molecule has 4 nitrogen and oxygen atoms in total. The fourth-order valence-corrected chi connectivity index (χ4v) is 3.14. The molecule has 0 heterocycles. The Morgan fingerprint density at radius 3 is 2.17 bits per heavy atom. The van der Waals surface area contributed by atoms with Crippen molar-refractivity contribution in [2.75, 3.05) is 11.9 Å². The van der Waals surface area contributed by atoms with Crippen LogP contribution in [0, 0.1) is 13.8 Å². The summed E-state index contributed by atoms with van der Waals surface area (Å²) in [6, 6.07) is 22.7. The fraction of sp³-hybridized carbons (Fsp3) is 0.200. The van der Waals surface area contributed by atoms with E-state index >= 15 is 0 Å². The Morgan fingerprint density at radius 2 is 1.52 bits per heavy atom. The van der Waals surface area contributed by atoms with E-state index in [-0.39, 0.29) is 11.8 Å². The summed E-state index contributed by atoms with van der Waals surface area (Å²) in [5.74, 6) is -0.229. The van der Waals surface area contributed by atoms with Gasteiger partial charge in [-0.1, -0.05) is 42.5 Å². The number of hydrogen-bond donors (Lipinski definition) is 1. The number of carbonyl (C=O) groups is 2. The van der Waals surface area contributed by atoms with Crippen molar-refractivity contribution in [3.63, 3.8) is 0 Å². The summed E-state index contributed by atoms with van der Waals surface area (Å²) in [5, 5.41) is 2.95. The SMILES string of the molecule is CCN(Cc1ccccc1)C(=O)c1ccc(C(=O)Nc2cc(C)ccc2C)cc1. The Morgan fingerprint density at radius 1 is 0.862 bits per heavy atom. The third-order valence-electron chi connectivity index (χ3n) is 4.92. The van der Waals surface area contributed by atoms with Crippen molar-refractivity contribution in [3.8, 4) is 0 Å². The third-order valence-corrected chi connectivity index (χ3v) is 4.92. The van der Waals surface area contributed by atoms with Crippen LogP contribution in [0.3, 0.4) is 0 Å². The summed E-state index contributed by atoms with van der Waals surface area (Å²) in [4.78, 5) is 27.2.